The van der Waals surface area contributed by atoms with Crippen molar-refractivity contribution in [3.63, 3.8) is 0 Å². The molecule has 130 valence electrons. The van der Waals surface area contributed by atoms with E-state index in [0.29, 0.717) is 13.1 Å². The van der Waals surface area contributed by atoms with Gasteiger partial charge in [-0.15, -0.1) is 0 Å². The number of nitrogens with zero attached hydrogens (tertiary/aromatic N) is 2. The Kier molecular flexibility index (Phi) is 6.57. The van der Waals surface area contributed by atoms with Crippen LogP contribution in [0.5, 0.6) is 0 Å². The molecule has 1 atom stereocenters. The standard InChI is InChI=1S/C18H31N3O2/c1-14(15-10-8-9-11-20-15)19-12-13-21(17(2,3)4)16(22)23-18(5,6)7/h8-11,14,19H,12-13H2,1-7H3. The van der Waals surface area contributed by atoms with Gasteiger partial charge >= 0.3 is 6.09 Å². The second-order valence-corrected chi connectivity index (χ2v) is 7.73. The van der Waals surface area contributed by atoms with Crippen molar-refractivity contribution in [2.24, 2.45) is 0 Å². The average Bonchev–Trinajstić information content (AvgIpc) is 2.40. The first-order valence-electron chi connectivity index (χ1n) is 8.15. The fraction of sp³-hybridized carbons (Fsp3) is 0.667. The molecule has 0 radical (unpaired) electrons. The van der Waals surface area contributed by atoms with Gasteiger partial charge in [-0.2, -0.15) is 0 Å². The Labute approximate surface area is 140 Å². The van der Waals surface area contributed by atoms with Crippen molar-refractivity contribution in [1.82, 2.24) is 15.2 Å². The van der Waals surface area contributed by atoms with E-state index in [0.717, 1.165) is 5.69 Å². The van der Waals surface area contributed by atoms with Gasteiger partial charge in [-0.25, -0.2) is 4.79 Å². The van der Waals surface area contributed by atoms with Gasteiger partial charge in [-0.3, -0.25) is 4.98 Å². The number of aromatic nitrogens is 1. The highest BCUT2D eigenvalue weighted by Gasteiger charge is 2.30. The molecule has 1 heterocycles. The third kappa shape index (κ3) is 6.99. The lowest BCUT2D eigenvalue weighted by molar-refractivity contribution is 0.00649. The summed E-state index contributed by atoms with van der Waals surface area (Å²) in [5.74, 6) is 0. The average molecular weight is 321 g/mol. The summed E-state index contributed by atoms with van der Waals surface area (Å²) < 4.78 is 5.52. The van der Waals surface area contributed by atoms with E-state index in [2.05, 4.69) is 17.2 Å². The number of carbonyl (C=O) groups is 1. The highest BCUT2D eigenvalue weighted by Crippen LogP contribution is 2.18. The largest absolute Gasteiger partial charge is 0.444 e. The Balaban J connectivity index is 2.60. The summed E-state index contributed by atoms with van der Waals surface area (Å²) >= 11 is 0. The Hall–Kier alpha value is -1.62. The molecule has 0 aromatic carbocycles. The molecule has 1 aromatic rings. The maximum absolute atomic E-state index is 12.4. The number of pyridine rings is 1. The lowest BCUT2D eigenvalue weighted by Crippen LogP contribution is -2.50. The van der Waals surface area contributed by atoms with E-state index < -0.39 is 5.60 Å². The molecule has 1 N–H and O–H groups in total. The minimum Gasteiger partial charge on any atom is -0.444 e. The van der Waals surface area contributed by atoms with Crippen LogP contribution in [-0.2, 0) is 4.74 Å². The summed E-state index contributed by atoms with van der Waals surface area (Å²) in [6.45, 7) is 15.0. The number of nitrogens with one attached hydrogen (secondary N) is 1. The fourth-order valence-electron chi connectivity index (χ4n) is 2.15. The summed E-state index contributed by atoms with van der Waals surface area (Å²) in [6, 6.07) is 6.01. The van der Waals surface area contributed by atoms with Crippen molar-refractivity contribution in [1.29, 1.82) is 0 Å². The van der Waals surface area contributed by atoms with Crippen molar-refractivity contribution in [2.75, 3.05) is 13.1 Å². The zero-order valence-corrected chi connectivity index (χ0v) is 15.5. The Morgan fingerprint density at radius 1 is 1.26 bits per heavy atom. The molecule has 23 heavy (non-hydrogen) atoms. The lowest BCUT2D eigenvalue weighted by atomic mass is 10.1. The van der Waals surface area contributed by atoms with Crippen LogP contribution in [0.2, 0.25) is 0 Å². The predicted molar refractivity (Wildman–Crippen MR) is 93.3 cm³/mol. The summed E-state index contributed by atoms with van der Waals surface area (Å²) in [4.78, 5) is 18.5. The van der Waals surface area contributed by atoms with Gasteiger partial charge in [-0.1, -0.05) is 6.07 Å². The number of hydrogen-bond acceptors (Lipinski definition) is 4. The Morgan fingerprint density at radius 3 is 2.39 bits per heavy atom. The van der Waals surface area contributed by atoms with Gasteiger partial charge in [0.1, 0.15) is 5.60 Å². The van der Waals surface area contributed by atoms with E-state index in [1.54, 1.807) is 11.1 Å². The summed E-state index contributed by atoms with van der Waals surface area (Å²) in [7, 11) is 0. The van der Waals surface area contributed by atoms with Crippen molar-refractivity contribution in [3.05, 3.63) is 30.1 Å². The molecule has 0 aliphatic heterocycles. The summed E-state index contributed by atoms with van der Waals surface area (Å²) in [5.41, 5.74) is 0.208. The van der Waals surface area contributed by atoms with Crippen molar-refractivity contribution in [2.45, 2.75) is 65.6 Å². The van der Waals surface area contributed by atoms with Gasteiger partial charge in [0, 0.05) is 30.9 Å². The molecular weight excluding hydrogens is 290 g/mol. The van der Waals surface area contributed by atoms with Gasteiger partial charge in [-0.05, 0) is 60.6 Å². The van der Waals surface area contributed by atoms with Gasteiger partial charge in [0.15, 0.2) is 0 Å². The summed E-state index contributed by atoms with van der Waals surface area (Å²) in [5, 5.41) is 3.41. The quantitative estimate of drug-likeness (QED) is 0.897. The zero-order chi connectivity index (χ0) is 17.7. The number of amides is 1. The highest BCUT2D eigenvalue weighted by atomic mass is 16.6. The summed E-state index contributed by atoms with van der Waals surface area (Å²) in [6.07, 6.45) is 1.51. The molecule has 0 saturated carbocycles. The molecule has 5 nitrogen and oxygen atoms in total. The van der Waals surface area contributed by atoms with E-state index in [1.807, 2.05) is 59.7 Å². The van der Waals surface area contributed by atoms with Crippen LogP contribution in [0.15, 0.2) is 24.4 Å². The van der Waals surface area contributed by atoms with Gasteiger partial charge in [0.05, 0.1) is 5.69 Å². The molecule has 0 bridgehead atoms. The lowest BCUT2D eigenvalue weighted by Gasteiger charge is -2.37. The zero-order valence-electron chi connectivity index (χ0n) is 15.5. The number of rotatable bonds is 5. The molecule has 1 rings (SSSR count). The minimum atomic E-state index is -0.491. The minimum absolute atomic E-state index is 0.136. The van der Waals surface area contributed by atoms with Gasteiger partial charge < -0.3 is 15.0 Å². The molecule has 0 fully saturated rings. The van der Waals surface area contributed by atoms with Gasteiger partial charge in [0.2, 0.25) is 0 Å². The molecule has 1 aromatic heterocycles. The Morgan fingerprint density at radius 2 is 1.91 bits per heavy atom. The first-order chi connectivity index (χ1) is 10.5. The molecule has 0 aliphatic rings. The first kappa shape index (κ1) is 19.4. The van der Waals surface area contributed by atoms with E-state index in [-0.39, 0.29) is 17.7 Å². The van der Waals surface area contributed by atoms with Crippen molar-refractivity contribution in [3.8, 4) is 0 Å². The molecule has 0 aliphatic carbocycles. The molecular formula is C18H31N3O2. The van der Waals surface area contributed by atoms with Crippen LogP contribution in [0.25, 0.3) is 0 Å². The molecule has 1 unspecified atom stereocenters. The third-order valence-electron chi connectivity index (χ3n) is 3.34. The van der Waals surface area contributed by atoms with Crippen LogP contribution in [0, 0.1) is 0 Å². The van der Waals surface area contributed by atoms with Crippen LogP contribution < -0.4 is 5.32 Å². The van der Waals surface area contributed by atoms with Crippen LogP contribution in [0.3, 0.4) is 0 Å². The highest BCUT2D eigenvalue weighted by molar-refractivity contribution is 5.69. The monoisotopic (exact) mass is 321 g/mol. The van der Waals surface area contributed by atoms with Crippen LogP contribution in [0.1, 0.15) is 60.2 Å². The molecule has 0 saturated heterocycles. The van der Waals surface area contributed by atoms with Crippen LogP contribution >= 0.6 is 0 Å². The smallest absolute Gasteiger partial charge is 0.410 e. The van der Waals surface area contributed by atoms with Crippen LogP contribution in [0.4, 0.5) is 4.79 Å². The first-order valence-corrected chi connectivity index (χ1v) is 8.15. The van der Waals surface area contributed by atoms with Gasteiger partial charge in [0.25, 0.3) is 0 Å². The number of hydrogen-bond donors (Lipinski definition) is 1. The fourth-order valence-corrected chi connectivity index (χ4v) is 2.15. The van der Waals surface area contributed by atoms with E-state index >= 15 is 0 Å². The maximum Gasteiger partial charge on any atom is 0.410 e. The predicted octanol–water partition coefficient (Wildman–Crippen LogP) is 3.77. The SMILES string of the molecule is CC(NCCN(C(=O)OC(C)(C)C)C(C)(C)C)c1ccccn1. The second kappa shape index (κ2) is 7.77. The van der Waals surface area contributed by atoms with Crippen molar-refractivity contribution < 1.29 is 9.53 Å². The van der Waals surface area contributed by atoms with E-state index in [4.69, 9.17) is 4.74 Å². The number of carbonyl (C=O) groups excluding carboxylic acids is 1. The second-order valence-electron chi connectivity index (χ2n) is 7.73. The molecule has 0 spiro atoms. The maximum atomic E-state index is 12.4. The normalized spacial score (nSPS) is 13.5. The topological polar surface area (TPSA) is 54.5 Å². The molecule has 5 heteroatoms. The van der Waals surface area contributed by atoms with Crippen LogP contribution in [-0.4, -0.2) is 40.2 Å². The molecule has 1 amide bonds. The Bertz CT molecular complexity index is 489. The van der Waals surface area contributed by atoms with E-state index in [9.17, 15) is 4.79 Å². The third-order valence-corrected chi connectivity index (χ3v) is 3.34. The van der Waals surface area contributed by atoms with Crippen molar-refractivity contribution >= 4 is 6.09 Å². The van der Waals surface area contributed by atoms with E-state index in [1.165, 1.54) is 0 Å². The number of ether oxygens (including phenoxy) is 1.